The molecule has 1 aliphatic heterocycles. The van der Waals surface area contributed by atoms with Crippen molar-refractivity contribution in [3.8, 4) is 5.75 Å². The average Bonchev–Trinajstić information content (AvgIpc) is 3.50. The molecule has 1 saturated heterocycles. The van der Waals surface area contributed by atoms with Crippen molar-refractivity contribution in [2.75, 3.05) is 26.4 Å². The molecule has 1 aliphatic rings. The number of aliphatic hydroxyl groups is 4. The van der Waals surface area contributed by atoms with Gasteiger partial charge in [0.1, 0.15) is 42.0 Å². The maximum atomic E-state index is 13.4. The molecule has 1 aromatic rings. The molecular weight excluding hydrogens is 600 g/mol. The summed E-state index contributed by atoms with van der Waals surface area (Å²) >= 11 is 0. The zero-order valence-corrected chi connectivity index (χ0v) is 24.5. The number of carboxylic acid groups (broad SMARTS) is 1. The molecule has 0 aromatic heterocycles. The quantitative estimate of drug-likeness (QED) is 0.0805. The number of hydrogen-bond acceptors (Lipinski definition) is 12. The van der Waals surface area contributed by atoms with Gasteiger partial charge in [0.2, 0.25) is 29.5 Å². The zero-order chi connectivity index (χ0) is 33.8. The number of aromatic hydroxyl groups is 1. The summed E-state index contributed by atoms with van der Waals surface area (Å²) in [5.41, 5.74) is 6.05. The Morgan fingerprint density at radius 3 is 1.98 bits per heavy atom. The van der Waals surface area contributed by atoms with Crippen molar-refractivity contribution in [3.05, 3.63) is 29.8 Å². The summed E-state index contributed by atoms with van der Waals surface area (Å²) in [7, 11) is 0. The highest BCUT2D eigenvalue weighted by Crippen LogP contribution is 2.19. The molecule has 2 rings (SSSR count). The Kier molecular flexibility index (Phi) is 14.1. The van der Waals surface area contributed by atoms with E-state index in [1.807, 2.05) is 5.32 Å². The normalized spacial score (nSPS) is 18.4. The van der Waals surface area contributed by atoms with E-state index >= 15 is 0 Å². The fourth-order valence-electron chi connectivity index (χ4n) is 4.50. The van der Waals surface area contributed by atoms with Crippen molar-refractivity contribution in [1.82, 2.24) is 26.2 Å². The topological polar surface area (TPSA) is 301 Å². The first-order valence-electron chi connectivity index (χ1n) is 14.0. The number of nitrogens with one attached hydrogen (secondary N) is 4. The molecule has 0 aliphatic carbocycles. The smallest absolute Gasteiger partial charge is 0.328 e. The summed E-state index contributed by atoms with van der Waals surface area (Å²) in [5.74, 6) is -6.21. The Morgan fingerprint density at radius 1 is 0.867 bits per heavy atom. The highest BCUT2D eigenvalue weighted by molar-refractivity contribution is 5.97. The zero-order valence-electron chi connectivity index (χ0n) is 24.5. The number of carbonyl (C=O) groups is 6. The monoisotopic (exact) mass is 640 g/mol. The van der Waals surface area contributed by atoms with Crippen molar-refractivity contribution in [2.45, 2.75) is 68.5 Å². The Morgan fingerprint density at radius 2 is 1.44 bits per heavy atom. The van der Waals surface area contributed by atoms with E-state index < -0.39 is 97.7 Å². The molecule has 1 fully saturated rings. The number of benzene rings is 1. The summed E-state index contributed by atoms with van der Waals surface area (Å²) in [6.45, 7) is -1.38. The first-order chi connectivity index (χ1) is 21.2. The molecule has 0 bridgehead atoms. The largest absolute Gasteiger partial charge is 0.508 e. The van der Waals surface area contributed by atoms with Gasteiger partial charge in [0, 0.05) is 13.0 Å². The van der Waals surface area contributed by atoms with Crippen LogP contribution < -0.4 is 27.0 Å². The van der Waals surface area contributed by atoms with E-state index in [9.17, 15) is 49.2 Å². The van der Waals surface area contributed by atoms with Crippen molar-refractivity contribution in [1.29, 1.82) is 0 Å². The highest BCUT2D eigenvalue weighted by atomic mass is 16.4. The Balaban J connectivity index is 2.18. The van der Waals surface area contributed by atoms with Gasteiger partial charge in [-0.2, -0.15) is 0 Å². The number of carbonyl (C=O) groups excluding carboxylic acids is 5. The van der Waals surface area contributed by atoms with Crippen LogP contribution in [0.5, 0.6) is 5.75 Å². The average molecular weight is 641 g/mol. The predicted molar refractivity (Wildman–Crippen MR) is 153 cm³/mol. The third-order valence-electron chi connectivity index (χ3n) is 7.04. The Hall–Kier alpha value is -4.36. The number of nitrogens with two attached hydrogens (primary N) is 1. The van der Waals surface area contributed by atoms with Crippen molar-refractivity contribution in [3.63, 3.8) is 0 Å². The lowest BCUT2D eigenvalue weighted by Gasteiger charge is -2.30. The van der Waals surface area contributed by atoms with Crippen LogP contribution in [-0.2, 0) is 35.2 Å². The van der Waals surface area contributed by atoms with Crippen LogP contribution in [0.3, 0.4) is 0 Å². The van der Waals surface area contributed by atoms with E-state index in [2.05, 4.69) is 16.0 Å². The summed E-state index contributed by atoms with van der Waals surface area (Å²) in [6.07, 6.45) is -1.19. The molecule has 0 unspecified atom stereocenters. The van der Waals surface area contributed by atoms with Crippen molar-refractivity contribution >= 4 is 35.5 Å². The fraction of sp³-hybridized carbons (Fsp3) is 0.556. The van der Waals surface area contributed by atoms with Gasteiger partial charge in [-0.15, -0.1) is 0 Å². The van der Waals surface area contributed by atoms with E-state index in [4.69, 9.17) is 15.9 Å². The second-order valence-electron chi connectivity index (χ2n) is 10.5. The summed E-state index contributed by atoms with van der Waals surface area (Å²) < 4.78 is 0. The predicted octanol–water partition coefficient (Wildman–Crippen LogP) is -5.37. The second kappa shape index (κ2) is 17.2. The molecule has 0 spiro atoms. The van der Waals surface area contributed by atoms with Crippen LogP contribution in [0, 0.1) is 0 Å². The SMILES string of the molecule is C[C@@H](O)[C@H](NC(=O)[C@@H]1CCCN1C(=O)[C@H](CO)NC(=O)[C@H](Cc1ccc(O)cc1)NC(=O)[C@@H](N)CO)C(=O)N[C@@H](CO)C(=O)O. The van der Waals surface area contributed by atoms with E-state index in [1.165, 1.54) is 24.3 Å². The molecule has 0 saturated carbocycles. The van der Waals surface area contributed by atoms with E-state index in [0.29, 0.717) is 12.0 Å². The number of carboxylic acids is 1. The Bertz CT molecular complexity index is 1210. The molecule has 12 N–H and O–H groups in total. The maximum Gasteiger partial charge on any atom is 0.328 e. The van der Waals surface area contributed by atoms with Gasteiger partial charge in [-0.1, -0.05) is 12.1 Å². The molecule has 5 amide bonds. The number of rotatable bonds is 16. The van der Waals surface area contributed by atoms with Gasteiger partial charge in [0.15, 0.2) is 0 Å². The Labute approximate surface area is 257 Å². The molecule has 7 atom stereocenters. The molecule has 45 heavy (non-hydrogen) atoms. The van der Waals surface area contributed by atoms with Crippen molar-refractivity contribution < 1.29 is 59.4 Å². The highest BCUT2D eigenvalue weighted by Gasteiger charge is 2.40. The number of likely N-dealkylation sites (tertiary alicyclic amines) is 1. The lowest BCUT2D eigenvalue weighted by atomic mass is 10.0. The number of phenolic OH excluding ortho intramolecular Hbond substituents is 1. The molecular formula is C27H40N6O12. The first kappa shape index (κ1) is 36.8. The third-order valence-corrected chi connectivity index (χ3v) is 7.04. The molecule has 0 radical (unpaired) electrons. The van der Waals surface area contributed by atoms with E-state index in [1.54, 1.807) is 0 Å². The number of phenols is 1. The standard InChI is InChI=1S/C27H40N6O12/c1-13(37)21(25(42)31-19(12-36)27(44)45)32-24(41)20-3-2-8-33(20)26(43)18(11-35)30-23(40)17(29-22(39)16(28)10-34)9-14-4-6-15(38)7-5-14/h4-7,13,16-21,34-38H,2-3,8-12,28H2,1H3,(H,29,39)(H,30,40)(H,31,42)(H,32,41)(H,44,45)/t13-,16+,17+,18+,19+,20+,21+/m1/s1. The minimum Gasteiger partial charge on any atom is -0.508 e. The van der Waals surface area contributed by atoms with Crippen LogP contribution >= 0.6 is 0 Å². The van der Waals surface area contributed by atoms with Crippen LogP contribution in [0.1, 0.15) is 25.3 Å². The van der Waals surface area contributed by atoms with Crippen LogP contribution in [-0.4, -0.2) is 140 Å². The van der Waals surface area contributed by atoms with Crippen LogP contribution in [0.4, 0.5) is 0 Å². The number of hydrogen-bond donors (Lipinski definition) is 11. The minimum absolute atomic E-state index is 0.0272. The van der Waals surface area contributed by atoms with Gasteiger partial charge in [0.25, 0.3) is 0 Å². The van der Waals surface area contributed by atoms with Gasteiger partial charge in [-0.05, 0) is 37.5 Å². The molecule has 18 heteroatoms. The minimum atomic E-state index is -1.70. The lowest BCUT2D eigenvalue weighted by molar-refractivity contribution is -0.145. The van der Waals surface area contributed by atoms with Gasteiger partial charge in [-0.3, -0.25) is 24.0 Å². The third kappa shape index (κ3) is 10.4. The second-order valence-corrected chi connectivity index (χ2v) is 10.5. The van der Waals surface area contributed by atoms with Crippen LogP contribution in [0.25, 0.3) is 0 Å². The maximum absolute atomic E-state index is 13.4. The van der Waals surface area contributed by atoms with Crippen LogP contribution in [0.15, 0.2) is 24.3 Å². The molecule has 18 nitrogen and oxygen atoms in total. The first-order valence-corrected chi connectivity index (χ1v) is 14.0. The van der Waals surface area contributed by atoms with Gasteiger partial charge >= 0.3 is 5.97 Å². The molecule has 1 heterocycles. The number of nitrogens with zero attached hydrogens (tertiary/aromatic N) is 1. The summed E-state index contributed by atoms with van der Waals surface area (Å²) in [5, 5.41) is 66.1. The number of aliphatic hydroxyl groups excluding tert-OH is 4. The van der Waals surface area contributed by atoms with Crippen molar-refractivity contribution in [2.24, 2.45) is 5.73 Å². The lowest BCUT2D eigenvalue weighted by Crippen LogP contribution is -2.61. The summed E-state index contributed by atoms with van der Waals surface area (Å²) in [4.78, 5) is 77.0. The summed E-state index contributed by atoms with van der Waals surface area (Å²) in [6, 6.07) is -3.12. The molecule has 1 aromatic carbocycles. The van der Waals surface area contributed by atoms with E-state index in [-0.39, 0.29) is 25.1 Å². The van der Waals surface area contributed by atoms with Gasteiger partial charge in [-0.25, -0.2) is 4.79 Å². The fourth-order valence-corrected chi connectivity index (χ4v) is 4.50. The van der Waals surface area contributed by atoms with Gasteiger partial charge < -0.3 is 62.5 Å². The number of aliphatic carboxylic acids is 1. The van der Waals surface area contributed by atoms with Crippen LogP contribution in [0.2, 0.25) is 0 Å². The number of amides is 5. The molecule has 250 valence electrons. The van der Waals surface area contributed by atoms with Gasteiger partial charge in [0.05, 0.1) is 25.9 Å². The van der Waals surface area contributed by atoms with E-state index in [0.717, 1.165) is 11.8 Å².